The number of halogens is 1. The molecule has 2 aliphatic heterocycles. The van der Waals surface area contributed by atoms with Crippen LogP contribution in [0.3, 0.4) is 0 Å². The number of likely N-dealkylation sites (N-methyl/N-ethyl adjacent to an activating group) is 1. The Balaban J connectivity index is 1.32. The number of aromatic nitrogens is 1. The van der Waals surface area contributed by atoms with Gasteiger partial charge in [0.2, 0.25) is 5.91 Å². The number of piperidine rings is 1. The van der Waals surface area contributed by atoms with Crippen LogP contribution in [-0.4, -0.2) is 72.5 Å². The van der Waals surface area contributed by atoms with Gasteiger partial charge in [-0.2, -0.15) is 0 Å². The Bertz CT molecular complexity index is 925. The predicted octanol–water partition coefficient (Wildman–Crippen LogP) is 3.18. The lowest BCUT2D eigenvalue weighted by Crippen LogP contribution is -2.46. The maximum atomic E-state index is 14.3. The van der Waals surface area contributed by atoms with E-state index >= 15 is 0 Å². The molecule has 2 saturated heterocycles. The van der Waals surface area contributed by atoms with Crippen molar-refractivity contribution in [2.45, 2.75) is 32.4 Å². The van der Waals surface area contributed by atoms with Crippen LogP contribution in [0.1, 0.15) is 30.4 Å². The molecule has 2 aliphatic rings. The highest BCUT2D eigenvalue weighted by Gasteiger charge is 2.42. The van der Waals surface area contributed by atoms with Crippen LogP contribution in [0, 0.1) is 11.2 Å². The van der Waals surface area contributed by atoms with E-state index < -0.39 is 0 Å². The highest BCUT2D eigenvalue weighted by atomic mass is 19.1. The van der Waals surface area contributed by atoms with Crippen LogP contribution < -0.4 is 4.74 Å². The van der Waals surface area contributed by atoms with Crippen molar-refractivity contribution in [1.29, 1.82) is 0 Å². The van der Waals surface area contributed by atoms with Gasteiger partial charge in [0.15, 0.2) is 0 Å². The van der Waals surface area contributed by atoms with Gasteiger partial charge in [-0.05, 0) is 62.7 Å². The van der Waals surface area contributed by atoms with Crippen LogP contribution >= 0.6 is 0 Å². The molecule has 1 spiro atoms. The van der Waals surface area contributed by atoms with Gasteiger partial charge in [0, 0.05) is 56.1 Å². The van der Waals surface area contributed by atoms with Crippen molar-refractivity contribution >= 4 is 5.91 Å². The molecule has 1 amide bonds. The second-order valence-electron chi connectivity index (χ2n) is 9.37. The third-order valence-corrected chi connectivity index (χ3v) is 6.76. The van der Waals surface area contributed by atoms with Crippen LogP contribution in [0.5, 0.6) is 5.75 Å². The van der Waals surface area contributed by atoms with E-state index in [2.05, 4.69) is 9.88 Å². The van der Waals surface area contributed by atoms with E-state index in [9.17, 15) is 9.18 Å². The molecule has 0 radical (unpaired) electrons. The number of ether oxygens (including phenoxy) is 1. The van der Waals surface area contributed by atoms with Gasteiger partial charge in [-0.25, -0.2) is 4.39 Å². The molecule has 32 heavy (non-hydrogen) atoms. The summed E-state index contributed by atoms with van der Waals surface area (Å²) in [7, 11) is 3.58. The summed E-state index contributed by atoms with van der Waals surface area (Å²) in [6.07, 6.45) is 6.82. The molecule has 2 fully saturated rings. The Morgan fingerprint density at radius 3 is 2.91 bits per heavy atom. The molecule has 1 unspecified atom stereocenters. The fraction of sp³-hybridized carbons (Fsp3) is 0.520. The lowest BCUT2D eigenvalue weighted by Gasteiger charge is -2.40. The first-order chi connectivity index (χ1) is 15.5. The molecule has 7 heteroatoms. The van der Waals surface area contributed by atoms with Gasteiger partial charge < -0.3 is 9.64 Å². The van der Waals surface area contributed by atoms with E-state index in [1.54, 1.807) is 25.4 Å². The van der Waals surface area contributed by atoms with Crippen LogP contribution in [0.4, 0.5) is 4.39 Å². The lowest BCUT2D eigenvalue weighted by molar-refractivity contribution is -0.131. The smallest absolute Gasteiger partial charge is 0.236 e. The molecular formula is C25H33FN4O2. The second kappa shape index (κ2) is 9.96. The third kappa shape index (κ3) is 5.45. The van der Waals surface area contributed by atoms with E-state index in [-0.39, 0.29) is 17.1 Å². The standard InChI is InChI=1S/C25H33FN4O2/c1-28(15-20-5-3-10-27-14-20)17-24(31)30-12-9-25(19-30)8-4-11-29(18-25)16-21-13-22(32-2)6-7-23(21)26/h3,5-7,10,13-14H,4,8-9,11-12,15-19H2,1-2H3. The zero-order chi connectivity index (χ0) is 22.6. The van der Waals surface area contributed by atoms with E-state index in [0.29, 0.717) is 30.9 Å². The summed E-state index contributed by atoms with van der Waals surface area (Å²) in [5.74, 6) is 0.677. The summed E-state index contributed by atoms with van der Waals surface area (Å²) in [6.45, 7) is 5.15. The Kier molecular flexibility index (Phi) is 7.06. The Hall–Kier alpha value is -2.51. The SMILES string of the molecule is COc1ccc(F)c(CN2CCCC3(CCN(C(=O)CN(C)Cc4cccnc4)C3)C2)c1. The van der Waals surface area contributed by atoms with Crippen molar-refractivity contribution in [3.8, 4) is 5.75 Å². The Morgan fingerprint density at radius 2 is 2.12 bits per heavy atom. The zero-order valence-electron chi connectivity index (χ0n) is 19.1. The van der Waals surface area contributed by atoms with Crippen molar-refractivity contribution in [3.05, 3.63) is 59.7 Å². The van der Waals surface area contributed by atoms with Gasteiger partial charge in [-0.15, -0.1) is 0 Å². The highest BCUT2D eigenvalue weighted by Crippen LogP contribution is 2.39. The number of hydrogen-bond donors (Lipinski definition) is 0. The first kappa shape index (κ1) is 22.7. The minimum atomic E-state index is -0.190. The molecule has 1 aromatic carbocycles. The molecule has 4 rings (SSSR count). The highest BCUT2D eigenvalue weighted by molar-refractivity contribution is 5.78. The minimum Gasteiger partial charge on any atom is -0.497 e. The van der Waals surface area contributed by atoms with Gasteiger partial charge in [0.05, 0.1) is 13.7 Å². The second-order valence-corrected chi connectivity index (χ2v) is 9.37. The molecule has 0 aliphatic carbocycles. The van der Waals surface area contributed by atoms with Crippen LogP contribution in [0.25, 0.3) is 0 Å². The Labute approximate surface area is 190 Å². The number of likely N-dealkylation sites (tertiary alicyclic amines) is 2. The zero-order valence-corrected chi connectivity index (χ0v) is 19.1. The van der Waals surface area contributed by atoms with Gasteiger partial charge >= 0.3 is 0 Å². The minimum absolute atomic E-state index is 0.116. The van der Waals surface area contributed by atoms with E-state index in [1.807, 2.05) is 35.2 Å². The van der Waals surface area contributed by atoms with Gasteiger partial charge in [-0.1, -0.05) is 6.07 Å². The topological polar surface area (TPSA) is 48.9 Å². The number of benzene rings is 1. The number of carbonyl (C=O) groups excluding carboxylic acids is 1. The maximum absolute atomic E-state index is 14.3. The average molecular weight is 441 g/mol. The lowest BCUT2D eigenvalue weighted by atomic mass is 9.79. The molecule has 0 N–H and O–H groups in total. The normalized spacial score (nSPS) is 21.4. The number of pyridine rings is 1. The fourth-order valence-electron chi connectivity index (χ4n) is 5.16. The third-order valence-electron chi connectivity index (χ3n) is 6.76. The molecule has 3 heterocycles. The first-order valence-electron chi connectivity index (χ1n) is 11.4. The van der Waals surface area contributed by atoms with Crippen molar-refractivity contribution in [2.24, 2.45) is 5.41 Å². The summed E-state index contributed by atoms with van der Waals surface area (Å²) in [6, 6.07) is 8.87. The quantitative estimate of drug-likeness (QED) is 0.662. The first-order valence-corrected chi connectivity index (χ1v) is 11.4. The molecule has 2 aromatic rings. The molecule has 1 atom stereocenters. The fourth-order valence-corrected chi connectivity index (χ4v) is 5.16. The van der Waals surface area contributed by atoms with Crippen LogP contribution in [-0.2, 0) is 17.9 Å². The monoisotopic (exact) mass is 440 g/mol. The molecular weight excluding hydrogens is 407 g/mol. The van der Waals surface area contributed by atoms with Gasteiger partial charge in [-0.3, -0.25) is 19.6 Å². The Morgan fingerprint density at radius 1 is 1.25 bits per heavy atom. The molecule has 0 saturated carbocycles. The summed E-state index contributed by atoms with van der Waals surface area (Å²) in [5, 5.41) is 0. The van der Waals surface area contributed by atoms with Crippen molar-refractivity contribution in [2.75, 3.05) is 46.9 Å². The molecule has 0 bridgehead atoms. The molecule has 1 aromatic heterocycles. The number of methoxy groups -OCH3 is 1. The van der Waals surface area contributed by atoms with Crippen LogP contribution in [0.15, 0.2) is 42.7 Å². The van der Waals surface area contributed by atoms with Crippen LogP contribution in [0.2, 0.25) is 0 Å². The molecule has 172 valence electrons. The van der Waals surface area contributed by atoms with Gasteiger partial charge in [0.25, 0.3) is 0 Å². The van der Waals surface area contributed by atoms with E-state index in [4.69, 9.17) is 4.74 Å². The summed E-state index contributed by atoms with van der Waals surface area (Å²) in [4.78, 5) is 23.5. The number of nitrogens with zero attached hydrogens (tertiary/aromatic N) is 4. The average Bonchev–Trinajstić information content (AvgIpc) is 3.19. The number of hydrogen-bond acceptors (Lipinski definition) is 5. The van der Waals surface area contributed by atoms with Crippen molar-refractivity contribution < 1.29 is 13.9 Å². The van der Waals surface area contributed by atoms with E-state index in [0.717, 1.165) is 51.0 Å². The van der Waals surface area contributed by atoms with Gasteiger partial charge in [0.1, 0.15) is 11.6 Å². The number of amides is 1. The molecule has 6 nitrogen and oxygen atoms in total. The largest absolute Gasteiger partial charge is 0.497 e. The summed E-state index contributed by atoms with van der Waals surface area (Å²) < 4.78 is 19.6. The van der Waals surface area contributed by atoms with Crippen molar-refractivity contribution in [3.63, 3.8) is 0 Å². The number of carbonyl (C=O) groups is 1. The van der Waals surface area contributed by atoms with Crippen molar-refractivity contribution in [1.82, 2.24) is 19.7 Å². The summed E-state index contributed by atoms with van der Waals surface area (Å²) >= 11 is 0. The number of rotatable bonds is 7. The van der Waals surface area contributed by atoms with E-state index in [1.165, 1.54) is 6.07 Å². The maximum Gasteiger partial charge on any atom is 0.236 e. The summed E-state index contributed by atoms with van der Waals surface area (Å²) in [5.41, 5.74) is 1.89. The predicted molar refractivity (Wildman–Crippen MR) is 122 cm³/mol.